The van der Waals surface area contributed by atoms with Crippen molar-refractivity contribution in [3.63, 3.8) is 0 Å². The first-order chi connectivity index (χ1) is 9.55. The molecule has 2 heterocycles. The van der Waals surface area contributed by atoms with E-state index in [4.69, 9.17) is 9.47 Å². The van der Waals surface area contributed by atoms with Crippen molar-refractivity contribution in [2.75, 3.05) is 6.61 Å². The molecule has 20 heavy (non-hydrogen) atoms. The zero-order chi connectivity index (χ0) is 13.9. The Morgan fingerprint density at radius 1 is 1.40 bits per heavy atom. The Morgan fingerprint density at radius 3 is 2.85 bits per heavy atom. The minimum atomic E-state index is -0.0302. The highest BCUT2D eigenvalue weighted by Gasteiger charge is 2.51. The van der Waals surface area contributed by atoms with E-state index in [1.807, 2.05) is 0 Å². The third-order valence-electron chi connectivity index (χ3n) is 6.37. The van der Waals surface area contributed by atoms with Gasteiger partial charge in [-0.25, -0.2) is 0 Å². The molecule has 5 aliphatic rings. The Hall–Kier alpha value is -0.830. The Morgan fingerprint density at radius 2 is 2.25 bits per heavy atom. The number of allylic oxidation sites excluding steroid dienone is 1. The zero-order valence-corrected chi connectivity index (χ0v) is 12.4. The maximum absolute atomic E-state index is 12.2. The first-order valence-corrected chi connectivity index (χ1v) is 8.06. The molecule has 0 aromatic heterocycles. The lowest BCUT2D eigenvalue weighted by Gasteiger charge is -2.56. The van der Waals surface area contributed by atoms with Gasteiger partial charge in [-0.1, -0.05) is 19.9 Å². The van der Waals surface area contributed by atoms with E-state index in [9.17, 15) is 4.79 Å². The predicted octanol–water partition coefficient (Wildman–Crippen LogP) is 3.09. The van der Waals surface area contributed by atoms with E-state index < -0.39 is 0 Å². The predicted molar refractivity (Wildman–Crippen MR) is 75.0 cm³/mol. The SMILES string of the molecule is CC1(C)[C@H]2CC=C(COC(=O)C3CC4CCC3O4)[C@@H]1C2. The van der Waals surface area contributed by atoms with Gasteiger partial charge in [-0.05, 0) is 54.9 Å². The van der Waals surface area contributed by atoms with Crippen molar-refractivity contribution in [3.05, 3.63) is 11.6 Å². The van der Waals surface area contributed by atoms with Gasteiger partial charge in [-0.3, -0.25) is 4.79 Å². The molecule has 0 amide bonds. The third-order valence-corrected chi connectivity index (χ3v) is 6.37. The molecule has 0 aromatic carbocycles. The summed E-state index contributed by atoms with van der Waals surface area (Å²) >= 11 is 0. The van der Waals surface area contributed by atoms with Crippen molar-refractivity contribution in [2.24, 2.45) is 23.2 Å². The number of hydrogen-bond acceptors (Lipinski definition) is 3. The van der Waals surface area contributed by atoms with Gasteiger partial charge in [0.05, 0.1) is 18.1 Å². The summed E-state index contributed by atoms with van der Waals surface area (Å²) in [5.41, 5.74) is 1.77. The van der Waals surface area contributed by atoms with E-state index in [-0.39, 0.29) is 18.0 Å². The number of rotatable bonds is 3. The number of ether oxygens (including phenoxy) is 2. The summed E-state index contributed by atoms with van der Waals surface area (Å²) in [4.78, 5) is 12.2. The van der Waals surface area contributed by atoms with Crippen molar-refractivity contribution < 1.29 is 14.3 Å². The number of carbonyl (C=O) groups is 1. The average Bonchev–Trinajstić information content (AvgIpc) is 3.07. The van der Waals surface area contributed by atoms with E-state index >= 15 is 0 Å². The summed E-state index contributed by atoms with van der Waals surface area (Å²) in [6, 6.07) is 0. The zero-order valence-electron chi connectivity index (χ0n) is 12.4. The minimum Gasteiger partial charge on any atom is -0.461 e. The van der Waals surface area contributed by atoms with Crippen molar-refractivity contribution in [1.82, 2.24) is 0 Å². The Labute approximate surface area is 120 Å². The fraction of sp³-hybridized carbons (Fsp3) is 0.824. The summed E-state index contributed by atoms with van der Waals surface area (Å²) < 4.78 is 11.4. The van der Waals surface area contributed by atoms with Gasteiger partial charge < -0.3 is 9.47 Å². The molecule has 0 radical (unpaired) electrons. The van der Waals surface area contributed by atoms with E-state index in [0.29, 0.717) is 24.0 Å². The molecule has 3 aliphatic carbocycles. The van der Waals surface area contributed by atoms with Crippen molar-refractivity contribution >= 4 is 5.97 Å². The number of carbonyl (C=O) groups excluding carboxylic acids is 1. The van der Waals surface area contributed by atoms with Gasteiger partial charge in [0, 0.05) is 0 Å². The highest BCUT2D eigenvalue weighted by Crippen LogP contribution is 2.59. The molecule has 4 bridgehead atoms. The summed E-state index contributed by atoms with van der Waals surface area (Å²) in [7, 11) is 0. The topological polar surface area (TPSA) is 35.5 Å². The van der Waals surface area contributed by atoms with Crippen LogP contribution < -0.4 is 0 Å². The van der Waals surface area contributed by atoms with E-state index in [0.717, 1.165) is 31.6 Å². The smallest absolute Gasteiger partial charge is 0.312 e. The van der Waals surface area contributed by atoms with Crippen LogP contribution in [0.1, 0.15) is 46.0 Å². The van der Waals surface area contributed by atoms with Crippen LogP contribution in [0.5, 0.6) is 0 Å². The average molecular weight is 276 g/mol. The van der Waals surface area contributed by atoms with E-state index in [2.05, 4.69) is 19.9 Å². The molecule has 0 N–H and O–H groups in total. The van der Waals surface area contributed by atoms with E-state index in [1.165, 1.54) is 12.0 Å². The van der Waals surface area contributed by atoms with Crippen molar-refractivity contribution in [3.8, 4) is 0 Å². The molecule has 3 fully saturated rings. The molecule has 3 unspecified atom stereocenters. The number of esters is 1. The number of hydrogen-bond donors (Lipinski definition) is 0. The van der Waals surface area contributed by atoms with Crippen molar-refractivity contribution in [2.45, 2.75) is 58.2 Å². The van der Waals surface area contributed by atoms with Gasteiger partial charge in [-0.2, -0.15) is 0 Å². The van der Waals surface area contributed by atoms with Gasteiger partial charge in [0.1, 0.15) is 6.61 Å². The second kappa shape index (κ2) is 4.33. The van der Waals surface area contributed by atoms with Crippen LogP contribution in [0.15, 0.2) is 11.6 Å². The van der Waals surface area contributed by atoms with Gasteiger partial charge >= 0.3 is 5.97 Å². The van der Waals surface area contributed by atoms with Crippen LogP contribution in [0.3, 0.4) is 0 Å². The normalized spacial score (nSPS) is 43.9. The monoisotopic (exact) mass is 276 g/mol. The first-order valence-electron chi connectivity index (χ1n) is 8.06. The molecule has 110 valence electrons. The second-order valence-corrected chi connectivity index (χ2v) is 7.65. The highest BCUT2D eigenvalue weighted by atomic mass is 16.5. The fourth-order valence-corrected chi connectivity index (χ4v) is 4.79. The maximum Gasteiger partial charge on any atom is 0.312 e. The van der Waals surface area contributed by atoms with Gasteiger partial charge in [0.25, 0.3) is 0 Å². The lowest BCUT2D eigenvalue weighted by molar-refractivity contribution is -0.150. The molecule has 0 spiro atoms. The maximum atomic E-state index is 12.2. The third kappa shape index (κ3) is 1.78. The molecule has 3 nitrogen and oxygen atoms in total. The van der Waals surface area contributed by atoms with Crippen LogP contribution in [0.4, 0.5) is 0 Å². The minimum absolute atomic E-state index is 0.0000831. The Balaban J connectivity index is 1.35. The van der Waals surface area contributed by atoms with E-state index in [1.54, 1.807) is 0 Å². The van der Waals surface area contributed by atoms with Crippen LogP contribution in [-0.2, 0) is 14.3 Å². The second-order valence-electron chi connectivity index (χ2n) is 7.65. The van der Waals surface area contributed by atoms with Crippen molar-refractivity contribution in [1.29, 1.82) is 0 Å². The Bertz CT molecular complexity index is 465. The quantitative estimate of drug-likeness (QED) is 0.587. The Kier molecular flexibility index (Phi) is 2.79. The van der Waals surface area contributed by atoms with Crippen LogP contribution in [0, 0.1) is 23.2 Å². The summed E-state index contributed by atoms with van der Waals surface area (Å²) in [6.07, 6.45) is 8.24. The van der Waals surface area contributed by atoms with Crippen LogP contribution in [0.2, 0.25) is 0 Å². The molecule has 3 heteroatoms. The summed E-state index contributed by atoms with van der Waals surface area (Å²) in [6.45, 7) is 5.21. The van der Waals surface area contributed by atoms with Gasteiger partial charge in [0.2, 0.25) is 0 Å². The summed E-state index contributed by atoms with van der Waals surface area (Å²) in [5.74, 6) is 1.44. The van der Waals surface area contributed by atoms with Crippen LogP contribution >= 0.6 is 0 Å². The van der Waals surface area contributed by atoms with Crippen LogP contribution in [0.25, 0.3) is 0 Å². The standard InChI is InChI=1S/C17H24O3/c1-17(2)11-4-3-10(14(17)7-11)9-19-16(18)13-8-12-5-6-15(13)20-12/h3,11-15H,4-9H2,1-2H3/t11-,12?,13?,14-,15?/m0/s1. The largest absolute Gasteiger partial charge is 0.461 e. The lowest BCUT2D eigenvalue weighted by Crippen LogP contribution is -2.48. The molecule has 2 saturated heterocycles. The first kappa shape index (κ1) is 12.9. The fourth-order valence-electron chi connectivity index (χ4n) is 4.79. The van der Waals surface area contributed by atoms with Gasteiger partial charge in [-0.15, -0.1) is 0 Å². The molecule has 0 aromatic rings. The highest BCUT2D eigenvalue weighted by molar-refractivity contribution is 5.74. The summed E-state index contributed by atoms with van der Waals surface area (Å²) in [5, 5.41) is 0. The molecule has 2 aliphatic heterocycles. The molecular weight excluding hydrogens is 252 g/mol. The molecule has 5 rings (SSSR count). The van der Waals surface area contributed by atoms with Gasteiger partial charge in [0.15, 0.2) is 0 Å². The molecule has 5 atom stereocenters. The lowest BCUT2D eigenvalue weighted by atomic mass is 9.49. The molecule has 1 saturated carbocycles. The molecular formula is C17H24O3. The number of fused-ring (bicyclic) bond motifs is 3. The van der Waals surface area contributed by atoms with Crippen LogP contribution in [-0.4, -0.2) is 24.8 Å².